The summed E-state index contributed by atoms with van der Waals surface area (Å²) in [4.78, 5) is 9.54. The van der Waals surface area contributed by atoms with Gasteiger partial charge in [-0.1, -0.05) is 0 Å². The number of alkyl halides is 3. The molecular formula is C10H13F3N4. The molecule has 0 aromatic carbocycles. The third kappa shape index (κ3) is 3.13. The molecule has 0 radical (unpaired) electrons. The van der Waals surface area contributed by atoms with Gasteiger partial charge >= 0.3 is 6.18 Å². The van der Waals surface area contributed by atoms with Crippen molar-refractivity contribution < 1.29 is 13.2 Å². The first-order valence-electron chi connectivity index (χ1n) is 5.31. The molecule has 1 aliphatic rings. The van der Waals surface area contributed by atoms with E-state index in [1.54, 1.807) is 6.20 Å². The van der Waals surface area contributed by atoms with Crippen molar-refractivity contribution in [3.63, 3.8) is 0 Å². The van der Waals surface area contributed by atoms with E-state index >= 15 is 0 Å². The Labute approximate surface area is 96.7 Å². The Morgan fingerprint density at radius 2 is 2.18 bits per heavy atom. The predicted octanol–water partition coefficient (Wildman–Crippen LogP) is 0.856. The molecule has 7 heteroatoms. The number of fused-ring (bicyclic) bond motifs is 1. The Balaban J connectivity index is 2.11. The molecule has 1 aliphatic heterocycles. The molecule has 0 saturated carbocycles. The van der Waals surface area contributed by atoms with Crippen LogP contribution < -0.4 is 5.73 Å². The standard InChI is InChI=1S/C10H13F3N4/c11-10(12,13)6-17-2-1-7-4-15-9(3-14)16-8(7)5-17/h4H,1-3,5-6,14H2. The van der Waals surface area contributed by atoms with Crippen molar-refractivity contribution in [2.45, 2.75) is 25.7 Å². The van der Waals surface area contributed by atoms with Gasteiger partial charge in [0.05, 0.1) is 18.8 Å². The summed E-state index contributed by atoms with van der Waals surface area (Å²) in [6.45, 7) is -0.0941. The summed E-state index contributed by atoms with van der Waals surface area (Å²) in [7, 11) is 0. The van der Waals surface area contributed by atoms with Gasteiger partial charge in [-0.2, -0.15) is 13.2 Å². The van der Waals surface area contributed by atoms with Crippen molar-refractivity contribution in [1.29, 1.82) is 0 Å². The molecule has 1 aromatic rings. The lowest BCUT2D eigenvalue weighted by Gasteiger charge is -2.28. The predicted molar refractivity (Wildman–Crippen MR) is 55.0 cm³/mol. The van der Waals surface area contributed by atoms with Crippen molar-refractivity contribution in [3.8, 4) is 0 Å². The minimum absolute atomic E-state index is 0.201. The van der Waals surface area contributed by atoms with Gasteiger partial charge in [0, 0.05) is 19.3 Å². The molecule has 2 N–H and O–H groups in total. The zero-order valence-corrected chi connectivity index (χ0v) is 9.17. The number of nitrogens with two attached hydrogens (primary N) is 1. The Morgan fingerprint density at radius 3 is 2.82 bits per heavy atom. The van der Waals surface area contributed by atoms with Crippen LogP contribution in [0.2, 0.25) is 0 Å². The van der Waals surface area contributed by atoms with Crippen LogP contribution in [0.25, 0.3) is 0 Å². The van der Waals surface area contributed by atoms with Crippen LogP contribution in [0, 0.1) is 0 Å². The molecule has 0 atom stereocenters. The minimum atomic E-state index is -4.17. The molecule has 2 heterocycles. The fraction of sp³-hybridized carbons (Fsp3) is 0.600. The summed E-state index contributed by atoms with van der Waals surface area (Å²) >= 11 is 0. The molecule has 2 rings (SSSR count). The zero-order chi connectivity index (χ0) is 12.5. The number of hydrogen-bond donors (Lipinski definition) is 1. The smallest absolute Gasteiger partial charge is 0.324 e. The van der Waals surface area contributed by atoms with Gasteiger partial charge in [0.2, 0.25) is 0 Å². The third-order valence-corrected chi connectivity index (χ3v) is 2.66. The SMILES string of the molecule is NCc1ncc2c(n1)CN(CC(F)(F)F)CC2. The van der Waals surface area contributed by atoms with Crippen LogP contribution in [0.1, 0.15) is 17.1 Å². The van der Waals surface area contributed by atoms with E-state index in [4.69, 9.17) is 5.73 Å². The van der Waals surface area contributed by atoms with E-state index in [1.807, 2.05) is 0 Å². The van der Waals surface area contributed by atoms with E-state index in [-0.39, 0.29) is 13.1 Å². The largest absolute Gasteiger partial charge is 0.401 e. The quantitative estimate of drug-likeness (QED) is 0.840. The summed E-state index contributed by atoms with van der Waals surface area (Å²) in [5.41, 5.74) is 6.98. The zero-order valence-electron chi connectivity index (χ0n) is 9.17. The number of nitrogens with zero attached hydrogens (tertiary/aromatic N) is 3. The van der Waals surface area contributed by atoms with Gasteiger partial charge in [-0.15, -0.1) is 0 Å². The average Bonchev–Trinajstić information content (AvgIpc) is 2.26. The molecule has 0 aliphatic carbocycles. The highest BCUT2D eigenvalue weighted by Crippen LogP contribution is 2.22. The maximum absolute atomic E-state index is 12.3. The number of rotatable bonds is 2. The molecule has 0 saturated heterocycles. The Hall–Kier alpha value is -1.21. The second-order valence-corrected chi connectivity index (χ2v) is 4.04. The van der Waals surface area contributed by atoms with E-state index in [1.165, 1.54) is 4.90 Å². The average molecular weight is 246 g/mol. The van der Waals surface area contributed by atoms with Gasteiger partial charge in [0.1, 0.15) is 5.82 Å². The molecule has 0 spiro atoms. The highest BCUT2D eigenvalue weighted by Gasteiger charge is 2.32. The molecule has 0 bridgehead atoms. The molecule has 0 fully saturated rings. The van der Waals surface area contributed by atoms with E-state index in [9.17, 15) is 13.2 Å². The van der Waals surface area contributed by atoms with E-state index in [0.29, 0.717) is 24.5 Å². The lowest BCUT2D eigenvalue weighted by atomic mass is 10.1. The lowest BCUT2D eigenvalue weighted by molar-refractivity contribution is -0.147. The Bertz CT molecular complexity index is 405. The van der Waals surface area contributed by atoms with Crippen molar-refractivity contribution >= 4 is 0 Å². The summed E-state index contributed by atoms with van der Waals surface area (Å²) in [6.07, 6.45) is -1.95. The van der Waals surface area contributed by atoms with Gasteiger partial charge in [-0.25, -0.2) is 9.97 Å². The Morgan fingerprint density at radius 1 is 1.41 bits per heavy atom. The maximum atomic E-state index is 12.3. The van der Waals surface area contributed by atoms with E-state index < -0.39 is 12.7 Å². The first-order chi connectivity index (χ1) is 7.98. The van der Waals surface area contributed by atoms with Crippen LogP contribution in [-0.4, -0.2) is 34.1 Å². The van der Waals surface area contributed by atoms with Crippen LogP contribution in [0.15, 0.2) is 6.20 Å². The summed E-state index contributed by atoms with van der Waals surface area (Å²) in [5.74, 6) is 0.470. The molecular weight excluding hydrogens is 233 g/mol. The van der Waals surface area contributed by atoms with Crippen LogP contribution in [0.4, 0.5) is 13.2 Å². The molecule has 17 heavy (non-hydrogen) atoms. The second kappa shape index (κ2) is 4.58. The lowest BCUT2D eigenvalue weighted by Crippen LogP contribution is -2.38. The first kappa shape index (κ1) is 12.3. The van der Waals surface area contributed by atoms with Crippen LogP contribution >= 0.6 is 0 Å². The maximum Gasteiger partial charge on any atom is 0.401 e. The van der Waals surface area contributed by atoms with Gasteiger partial charge in [0.25, 0.3) is 0 Å². The van der Waals surface area contributed by atoms with Crippen molar-refractivity contribution in [2.75, 3.05) is 13.1 Å². The van der Waals surface area contributed by atoms with Gasteiger partial charge < -0.3 is 5.73 Å². The van der Waals surface area contributed by atoms with Crippen LogP contribution in [0.3, 0.4) is 0 Å². The fourth-order valence-electron chi connectivity index (χ4n) is 1.89. The monoisotopic (exact) mass is 246 g/mol. The topological polar surface area (TPSA) is 55.0 Å². The number of aromatic nitrogens is 2. The van der Waals surface area contributed by atoms with Gasteiger partial charge in [-0.3, -0.25) is 4.90 Å². The van der Waals surface area contributed by atoms with E-state index in [2.05, 4.69) is 9.97 Å². The first-order valence-corrected chi connectivity index (χ1v) is 5.31. The van der Waals surface area contributed by atoms with Crippen molar-refractivity contribution in [1.82, 2.24) is 14.9 Å². The highest BCUT2D eigenvalue weighted by atomic mass is 19.4. The Kier molecular flexibility index (Phi) is 3.30. The van der Waals surface area contributed by atoms with Gasteiger partial charge in [0.15, 0.2) is 0 Å². The second-order valence-electron chi connectivity index (χ2n) is 4.04. The van der Waals surface area contributed by atoms with Gasteiger partial charge in [-0.05, 0) is 12.0 Å². The fourth-order valence-corrected chi connectivity index (χ4v) is 1.89. The highest BCUT2D eigenvalue weighted by molar-refractivity contribution is 5.20. The van der Waals surface area contributed by atoms with Crippen molar-refractivity contribution in [3.05, 3.63) is 23.3 Å². The molecule has 1 aromatic heterocycles. The van der Waals surface area contributed by atoms with Crippen LogP contribution in [-0.2, 0) is 19.5 Å². The van der Waals surface area contributed by atoms with Crippen LogP contribution in [0.5, 0.6) is 0 Å². The molecule has 4 nitrogen and oxygen atoms in total. The van der Waals surface area contributed by atoms with E-state index in [0.717, 1.165) is 5.56 Å². The molecule has 0 amide bonds. The molecule has 94 valence electrons. The van der Waals surface area contributed by atoms with Crippen molar-refractivity contribution in [2.24, 2.45) is 5.73 Å². The number of halogens is 3. The summed E-state index contributed by atoms with van der Waals surface area (Å²) in [6, 6.07) is 0. The number of hydrogen-bond acceptors (Lipinski definition) is 4. The normalized spacial score (nSPS) is 16.9. The summed E-state index contributed by atoms with van der Waals surface area (Å²) < 4.78 is 36.8. The molecule has 0 unspecified atom stereocenters. The third-order valence-electron chi connectivity index (χ3n) is 2.66. The summed E-state index contributed by atoms with van der Waals surface area (Å²) in [5, 5.41) is 0. The minimum Gasteiger partial charge on any atom is -0.324 e.